The van der Waals surface area contributed by atoms with Gasteiger partial charge in [0.25, 0.3) is 0 Å². The first-order valence-corrected chi connectivity index (χ1v) is 8.90. The first-order chi connectivity index (χ1) is 12.0. The van der Waals surface area contributed by atoms with Crippen LogP contribution in [0.15, 0.2) is 24.3 Å². The summed E-state index contributed by atoms with van der Waals surface area (Å²) in [7, 11) is 0. The Morgan fingerprint density at radius 2 is 2.04 bits per heavy atom. The molecular weight excluding hydrogens is 320 g/mol. The van der Waals surface area contributed by atoms with Crippen molar-refractivity contribution in [1.29, 1.82) is 0 Å². The number of amides is 2. The summed E-state index contributed by atoms with van der Waals surface area (Å²) in [6, 6.07) is 7.74. The van der Waals surface area contributed by atoms with Crippen LogP contribution in [0.3, 0.4) is 0 Å². The maximum atomic E-state index is 12.5. The Morgan fingerprint density at radius 3 is 2.76 bits per heavy atom. The lowest BCUT2D eigenvalue weighted by molar-refractivity contribution is -0.133. The summed E-state index contributed by atoms with van der Waals surface area (Å²) >= 11 is 0. The molecule has 0 saturated carbocycles. The van der Waals surface area contributed by atoms with E-state index in [1.165, 1.54) is 5.56 Å². The topological polar surface area (TPSA) is 78.9 Å². The third-order valence-corrected chi connectivity index (χ3v) is 5.23. The van der Waals surface area contributed by atoms with Crippen molar-refractivity contribution in [2.45, 2.75) is 44.2 Å². The van der Waals surface area contributed by atoms with Crippen LogP contribution in [0.2, 0.25) is 0 Å². The fourth-order valence-corrected chi connectivity index (χ4v) is 3.69. The molecule has 2 heterocycles. The molecule has 1 atom stereocenters. The zero-order chi connectivity index (χ0) is 17.9. The molecule has 2 aliphatic rings. The van der Waals surface area contributed by atoms with Crippen molar-refractivity contribution < 1.29 is 19.4 Å². The van der Waals surface area contributed by atoms with E-state index < -0.39 is 5.60 Å². The summed E-state index contributed by atoms with van der Waals surface area (Å²) in [6.45, 7) is 3.43. The number of fused-ring (bicyclic) bond motifs is 1. The Hall–Kier alpha value is -1.92. The molecule has 0 bridgehead atoms. The van der Waals surface area contributed by atoms with Gasteiger partial charge in [-0.05, 0) is 17.5 Å². The number of ether oxygens (including phenoxy) is 1. The fraction of sp³-hybridized carbons (Fsp3) is 0.579. The van der Waals surface area contributed by atoms with Gasteiger partial charge < -0.3 is 20.1 Å². The number of hydrogen-bond donors (Lipinski definition) is 2. The molecule has 25 heavy (non-hydrogen) atoms. The molecule has 1 saturated heterocycles. The molecule has 0 spiro atoms. The summed E-state index contributed by atoms with van der Waals surface area (Å²) < 4.78 is 5.26. The minimum atomic E-state index is -0.890. The van der Waals surface area contributed by atoms with E-state index in [0.717, 1.165) is 12.0 Å². The zero-order valence-corrected chi connectivity index (χ0v) is 14.7. The molecule has 1 aromatic carbocycles. The Balaban J connectivity index is 1.66. The van der Waals surface area contributed by atoms with Gasteiger partial charge in [-0.15, -0.1) is 0 Å². The first kappa shape index (κ1) is 17.9. The van der Waals surface area contributed by atoms with Gasteiger partial charge in [-0.3, -0.25) is 9.59 Å². The van der Waals surface area contributed by atoms with Gasteiger partial charge in [-0.2, -0.15) is 0 Å². The van der Waals surface area contributed by atoms with Crippen LogP contribution in [0.5, 0.6) is 0 Å². The predicted molar refractivity (Wildman–Crippen MR) is 92.9 cm³/mol. The highest BCUT2D eigenvalue weighted by Gasteiger charge is 2.33. The smallest absolute Gasteiger partial charge is 0.222 e. The highest BCUT2D eigenvalue weighted by atomic mass is 16.5. The van der Waals surface area contributed by atoms with Gasteiger partial charge in [0, 0.05) is 46.1 Å². The zero-order valence-electron chi connectivity index (χ0n) is 14.7. The van der Waals surface area contributed by atoms with Crippen LogP contribution in [0.4, 0.5) is 0 Å². The van der Waals surface area contributed by atoms with E-state index in [4.69, 9.17) is 4.74 Å². The average Bonchev–Trinajstić information content (AvgIpc) is 2.61. The lowest BCUT2D eigenvalue weighted by Gasteiger charge is -2.37. The maximum absolute atomic E-state index is 12.5. The number of carbonyl (C=O) groups is 2. The second-order valence-electron chi connectivity index (χ2n) is 6.99. The molecular formula is C19H26N2O4. The SMILES string of the molecule is CC(=O)N1CCc2ccccc2C1CC(=O)NCC1(O)CCOCC1. The number of hydrogen-bond acceptors (Lipinski definition) is 4. The highest BCUT2D eigenvalue weighted by Crippen LogP contribution is 2.32. The molecule has 1 aromatic rings. The minimum absolute atomic E-state index is 0.0182. The van der Waals surface area contributed by atoms with Crippen molar-refractivity contribution >= 4 is 11.8 Å². The number of benzene rings is 1. The van der Waals surface area contributed by atoms with E-state index in [9.17, 15) is 14.7 Å². The Bertz CT molecular complexity index is 640. The molecule has 0 aliphatic carbocycles. The number of nitrogens with one attached hydrogen (secondary N) is 1. The van der Waals surface area contributed by atoms with Crippen molar-refractivity contribution in [3.63, 3.8) is 0 Å². The highest BCUT2D eigenvalue weighted by molar-refractivity contribution is 5.79. The van der Waals surface area contributed by atoms with Crippen LogP contribution in [-0.4, -0.2) is 53.7 Å². The van der Waals surface area contributed by atoms with E-state index in [-0.39, 0.29) is 30.8 Å². The van der Waals surface area contributed by atoms with E-state index in [0.29, 0.717) is 32.6 Å². The van der Waals surface area contributed by atoms with Gasteiger partial charge in [-0.25, -0.2) is 0 Å². The Morgan fingerprint density at radius 1 is 1.32 bits per heavy atom. The van der Waals surface area contributed by atoms with Gasteiger partial charge in [0.2, 0.25) is 11.8 Å². The molecule has 2 amide bonds. The first-order valence-electron chi connectivity index (χ1n) is 8.90. The van der Waals surface area contributed by atoms with Gasteiger partial charge >= 0.3 is 0 Å². The third kappa shape index (κ3) is 4.19. The molecule has 3 rings (SSSR count). The van der Waals surface area contributed by atoms with Crippen molar-refractivity contribution in [3.8, 4) is 0 Å². The second kappa shape index (κ2) is 7.54. The number of nitrogens with zero attached hydrogens (tertiary/aromatic N) is 1. The van der Waals surface area contributed by atoms with Gasteiger partial charge in [0.15, 0.2) is 0 Å². The van der Waals surface area contributed by atoms with Crippen LogP contribution in [-0.2, 0) is 20.7 Å². The molecule has 1 fully saturated rings. The molecule has 0 radical (unpaired) electrons. The van der Waals surface area contributed by atoms with Crippen molar-refractivity contribution in [2.75, 3.05) is 26.3 Å². The summed E-state index contributed by atoms with van der Waals surface area (Å²) in [5, 5.41) is 13.3. The molecule has 0 aromatic heterocycles. The standard InChI is InChI=1S/C19H26N2O4/c1-14(22)21-9-6-15-4-2-3-5-16(15)17(21)12-18(23)20-13-19(24)7-10-25-11-8-19/h2-5,17,24H,6-13H2,1H3,(H,20,23). The number of carbonyl (C=O) groups excluding carboxylic acids is 2. The van der Waals surface area contributed by atoms with Gasteiger partial charge in [-0.1, -0.05) is 24.3 Å². The van der Waals surface area contributed by atoms with Gasteiger partial charge in [0.05, 0.1) is 18.1 Å². The molecule has 2 aliphatic heterocycles. The van der Waals surface area contributed by atoms with E-state index >= 15 is 0 Å². The van der Waals surface area contributed by atoms with Gasteiger partial charge in [0.1, 0.15) is 0 Å². The number of rotatable bonds is 4. The van der Waals surface area contributed by atoms with E-state index in [2.05, 4.69) is 11.4 Å². The van der Waals surface area contributed by atoms with Crippen LogP contribution in [0.1, 0.15) is 43.4 Å². The van der Waals surface area contributed by atoms with E-state index in [1.54, 1.807) is 11.8 Å². The predicted octanol–water partition coefficient (Wildman–Crippen LogP) is 1.18. The van der Waals surface area contributed by atoms with Crippen LogP contribution in [0.25, 0.3) is 0 Å². The largest absolute Gasteiger partial charge is 0.388 e. The van der Waals surface area contributed by atoms with Crippen molar-refractivity contribution in [1.82, 2.24) is 10.2 Å². The van der Waals surface area contributed by atoms with Crippen LogP contribution >= 0.6 is 0 Å². The molecule has 1 unspecified atom stereocenters. The number of aliphatic hydroxyl groups is 1. The summed E-state index contributed by atoms with van der Waals surface area (Å²) in [4.78, 5) is 26.2. The lowest BCUT2D eigenvalue weighted by Crippen LogP contribution is -2.47. The fourth-order valence-electron chi connectivity index (χ4n) is 3.69. The molecule has 136 valence electrons. The Kier molecular flexibility index (Phi) is 5.39. The van der Waals surface area contributed by atoms with Crippen LogP contribution in [0, 0.1) is 0 Å². The van der Waals surface area contributed by atoms with E-state index in [1.807, 2.05) is 18.2 Å². The molecule has 6 heteroatoms. The lowest BCUT2D eigenvalue weighted by atomic mass is 9.90. The summed E-state index contributed by atoms with van der Waals surface area (Å²) in [5.41, 5.74) is 1.35. The Labute approximate surface area is 148 Å². The summed E-state index contributed by atoms with van der Waals surface area (Å²) in [6.07, 6.45) is 2.08. The third-order valence-electron chi connectivity index (χ3n) is 5.23. The monoisotopic (exact) mass is 346 g/mol. The quantitative estimate of drug-likeness (QED) is 0.858. The normalized spacial score (nSPS) is 22.2. The second-order valence-corrected chi connectivity index (χ2v) is 6.99. The van der Waals surface area contributed by atoms with Crippen molar-refractivity contribution in [2.24, 2.45) is 0 Å². The molecule has 6 nitrogen and oxygen atoms in total. The van der Waals surface area contributed by atoms with Crippen molar-refractivity contribution in [3.05, 3.63) is 35.4 Å². The molecule has 2 N–H and O–H groups in total. The average molecular weight is 346 g/mol. The van der Waals surface area contributed by atoms with Crippen LogP contribution < -0.4 is 5.32 Å². The summed E-state index contributed by atoms with van der Waals surface area (Å²) in [5.74, 6) is -0.164. The minimum Gasteiger partial charge on any atom is -0.388 e. The maximum Gasteiger partial charge on any atom is 0.222 e.